The molecule has 2 aromatic rings. The first kappa shape index (κ1) is 20.6. The molecule has 5 heteroatoms. The lowest BCUT2D eigenvalue weighted by atomic mass is 9.95. The highest BCUT2D eigenvalue weighted by Crippen LogP contribution is 2.39. The summed E-state index contributed by atoms with van der Waals surface area (Å²) in [6.45, 7) is 6.59. The summed E-state index contributed by atoms with van der Waals surface area (Å²) in [4.78, 5) is 13.8. The fraction of sp³-hybridized carbons (Fsp3) is 0.478. The lowest BCUT2D eigenvalue weighted by Crippen LogP contribution is -2.88. The van der Waals surface area contributed by atoms with Gasteiger partial charge in [-0.05, 0) is 55.0 Å². The Morgan fingerprint density at radius 1 is 1.32 bits per heavy atom. The van der Waals surface area contributed by atoms with Crippen molar-refractivity contribution in [3.63, 3.8) is 0 Å². The maximum absolute atomic E-state index is 12.5. The third kappa shape index (κ3) is 4.81. The van der Waals surface area contributed by atoms with Gasteiger partial charge in [0, 0.05) is 5.56 Å². The van der Waals surface area contributed by atoms with Crippen molar-refractivity contribution < 1.29 is 10.1 Å². The minimum Gasteiger partial charge on any atom is -0.333 e. The van der Waals surface area contributed by atoms with Crippen LogP contribution in [0.4, 0.5) is 0 Å². The summed E-state index contributed by atoms with van der Waals surface area (Å²) < 4.78 is 0. The Bertz CT molecular complexity index is 821. The van der Waals surface area contributed by atoms with Gasteiger partial charge < -0.3 is 10.6 Å². The van der Waals surface area contributed by atoms with E-state index in [1.807, 2.05) is 13.0 Å². The molecule has 1 amide bonds. The molecule has 1 saturated carbocycles. The van der Waals surface area contributed by atoms with E-state index in [2.05, 4.69) is 66.3 Å². The van der Waals surface area contributed by atoms with Crippen LogP contribution in [0, 0.1) is 17.2 Å². The van der Waals surface area contributed by atoms with Crippen LogP contribution in [-0.4, -0.2) is 18.0 Å². The predicted octanol–water partition coefficient (Wildman–Crippen LogP) is 3.72. The number of thiophene rings is 1. The first-order valence-corrected chi connectivity index (χ1v) is 11.0. The molecule has 3 N–H and O–H groups in total. The first-order chi connectivity index (χ1) is 13.5. The van der Waals surface area contributed by atoms with E-state index < -0.39 is 5.54 Å². The second-order valence-electron chi connectivity index (χ2n) is 8.05. The molecule has 148 valence electrons. The normalized spacial score (nSPS) is 17.9. The van der Waals surface area contributed by atoms with Gasteiger partial charge in [-0.2, -0.15) is 5.26 Å². The summed E-state index contributed by atoms with van der Waals surface area (Å²) in [5.74, 6) is 0.770. The molecular weight excluding hydrogens is 366 g/mol. The number of rotatable bonds is 9. The maximum atomic E-state index is 12.5. The number of nitrogens with one attached hydrogen (secondary N) is 1. The van der Waals surface area contributed by atoms with Crippen LogP contribution in [0.5, 0.6) is 0 Å². The number of nitrogens with two attached hydrogens (primary N) is 1. The van der Waals surface area contributed by atoms with Crippen LogP contribution in [0.15, 0.2) is 41.8 Å². The van der Waals surface area contributed by atoms with E-state index in [0.717, 1.165) is 19.3 Å². The molecule has 4 nitrogen and oxygen atoms in total. The van der Waals surface area contributed by atoms with E-state index in [1.165, 1.54) is 16.0 Å². The van der Waals surface area contributed by atoms with Crippen LogP contribution in [0.25, 0.3) is 0 Å². The summed E-state index contributed by atoms with van der Waals surface area (Å²) in [7, 11) is 0. The van der Waals surface area contributed by atoms with E-state index in [1.54, 1.807) is 11.3 Å². The molecule has 3 atom stereocenters. The van der Waals surface area contributed by atoms with Crippen LogP contribution in [0.3, 0.4) is 0 Å². The second-order valence-corrected chi connectivity index (χ2v) is 9.02. The molecule has 1 aliphatic rings. The highest BCUT2D eigenvalue weighted by atomic mass is 32.1. The van der Waals surface area contributed by atoms with E-state index in [4.69, 9.17) is 0 Å². The standard InChI is InChI=1S/C23H29N3OS/c1-4-16(2)17-7-9-18(10-8-17)22(20-6-5-13-28-20)25-14-21(27)26-23(3,15-24)19-11-12-19/h5-10,13,16,19,22,25H,4,11-12,14H2,1-3H3,(H,26,27)/p+1/t16-,22+,23-/m0/s1. The Morgan fingerprint density at radius 3 is 2.54 bits per heavy atom. The highest BCUT2D eigenvalue weighted by Gasteiger charge is 2.43. The average molecular weight is 397 g/mol. The van der Waals surface area contributed by atoms with Crippen molar-refractivity contribution in [3.8, 4) is 6.07 Å². The van der Waals surface area contributed by atoms with Crippen molar-refractivity contribution in [1.82, 2.24) is 5.32 Å². The van der Waals surface area contributed by atoms with Gasteiger partial charge in [0.05, 0.1) is 10.9 Å². The van der Waals surface area contributed by atoms with Gasteiger partial charge in [0.15, 0.2) is 6.54 Å². The first-order valence-electron chi connectivity index (χ1n) is 10.2. The highest BCUT2D eigenvalue weighted by molar-refractivity contribution is 7.10. The molecule has 0 spiro atoms. The van der Waals surface area contributed by atoms with Crippen LogP contribution >= 0.6 is 11.3 Å². The number of benzene rings is 1. The zero-order valence-electron chi connectivity index (χ0n) is 16.9. The zero-order valence-corrected chi connectivity index (χ0v) is 17.8. The van der Waals surface area contributed by atoms with Crippen molar-refractivity contribution in [2.24, 2.45) is 5.92 Å². The van der Waals surface area contributed by atoms with Gasteiger partial charge in [0.25, 0.3) is 5.91 Å². The number of carbonyl (C=O) groups excluding carboxylic acids is 1. The van der Waals surface area contributed by atoms with Gasteiger partial charge in [0.1, 0.15) is 11.6 Å². The third-order valence-corrected chi connectivity index (χ3v) is 6.85. The van der Waals surface area contributed by atoms with Crippen molar-refractivity contribution in [1.29, 1.82) is 5.26 Å². The fourth-order valence-electron chi connectivity index (χ4n) is 3.60. The van der Waals surface area contributed by atoms with Crippen molar-refractivity contribution in [2.75, 3.05) is 6.54 Å². The molecular formula is C23H30N3OS+. The van der Waals surface area contributed by atoms with Gasteiger partial charge >= 0.3 is 0 Å². The summed E-state index contributed by atoms with van der Waals surface area (Å²) >= 11 is 1.71. The number of hydrogen-bond acceptors (Lipinski definition) is 3. The van der Waals surface area contributed by atoms with Crippen molar-refractivity contribution in [2.45, 2.75) is 57.5 Å². The second kappa shape index (κ2) is 8.89. The molecule has 1 heterocycles. The van der Waals surface area contributed by atoms with E-state index in [0.29, 0.717) is 18.4 Å². The minimum absolute atomic E-state index is 0.0752. The van der Waals surface area contributed by atoms with Crippen LogP contribution in [0.1, 0.15) is 68.0 Å². The smallest absolute Gasteiger partial charge is 0.276 e. The molecule has 1 fully saturated rings. The van der Waals surface area contributed by atoms with Gasteiger partial charge in [-0.1, -0.05) is 44.2 Å². The Labute approximate surface area is 172 Å². The Kier molecular flexibility index (Phi) is 6.53. The molecule has 1 aromatic heterocycles. The molecule has 1 aromatic carbocycles. The number of nitriles is 1. The van der Waals surface area contributed by atoms with E-state index in [9.17, 15) is 10.1 Å². The summed E-state index contributed by atoms with van der Waals surface area (Å²) in [5.41, 5.74) is 1.82. The summed E-state index contributed by atoms with van der Waals surface area (Å²) in [6, 6.07) is 15.3. The number of nitrogens with zero attached hydrogens (tertiary/aromatic N) is 1. The summed E-state index contributed by atoms with van der Waals surface area (Å²) in [5, 5.41) is 16.6. The average Bonchev–Trinajstić information content (AvgIpc) is 3.45. The molecule has 1 aliphatic carbocycles. The van der Waals surface area contributed by atoms with Crippen LogP contribution < -0.4 is 10.6 Å². The molecule has 0 aliphatic heterocycles. The lowest BCUT2D eigenvalue weighted by Gasteiger charge is -2.23. The Morgan fingerprint density at radius 2 is 2.00 bits per heavy atom. The van der Waals surface area contributed by atoms with Gasteiger partial charge in [-0.15, -0.1) is 11.3 Å². The van der Waals surface area contributed by atoms with Gasteiger partial charge in [0.2, 0.25) is 0 Å². The molecule has 0 saturated heterocycles. The van der Waals surface area contributed by atoms with Crippen molar-refractivity contribution >= 4 is 17.2 Å². The minimum atomic E-state index is -0.735. The number of amides is 1. The quantitative estimate of drug-likeness (QED) is 0.678. The molecule has 0 radical (unpaired) electrons. The number of carbonyl (C=O) groups is 1. The Balaban J connectivity index is 1.69. The van der Waals surface area contributed by atoms with E-state index in [-0.39, 0.29) is 11.9 Å². The van der Waals surface area contributed by atoms with Crippen molar-refractivity contribution in [3.05, 3.63) is 57.8 Å². The Hall–Kier alpha value is -2.16. The van der Waals surface area contributed by atoms with Crippen LogP contribution in [0.2, 0.25) is 0 Å². The maximum Gasteiger partial charge on any atom is 0.276 e. The zero-order chi connectivity index (χ0) is 20.1. The SMILES string of the molecule is CC[C@H](C)c1ccc([C@@H]([NH2+]CC(=O)N[C@@](C)(C#N)C2CC2)c2cccs2)cc1. The number of quaternary nitrogens is 1. The van der Waals surface area contributed by atoms with Crippen LogP contribution in [-0.2, 0) is 4.79 Å². The lowest BCUT2D eigenvalue weighted by molar-refractivity contribution is -0.676. The third-order valence-electron chi connectivity index (χ3n) is 5.89. The van der Waals surface area contributed by atoms with Gasteiger partial charge in [-0.3, -0.25) is 4.79 Å². The molecule has 0 bridgehead atoms. The molecule has 3 rings (SSSR count). The predicted molar refractivity (Wildman–Crippen MR) is 113 cm³/mol. The molecule has 0 unspecified atom stereocenters. The molecule has 28 heavy (non-hydrogen) atoms. The monoisotopic (exact) mass is 396 g/mol. The fourth-order valence-corrected chi connectivity index (χ4v) is 4.45. The topological polar surface area (TPSA) is 69.5 Å². The largest absolute Gasteiger partial charge is 0.333 e. The number of hydrogen-bond donors (Lipinski definition) is 2. The summed E-state index contributed by atoms with van der Waals surface area (Å²) in [6.07, 6.45) is 3.17. The van der Waals surface area contributed by atoms with Gasteiger partial charge in [-0.25, -0.2) is 0 Å². The van der Waals surface area contributed by atoms with E-state index >= 15 is 0 Å².